The number of aromatic amines is 1. The molecule has 0 aliphatic heterocycles. The van der Waals surface area contributed by atoms with Crippen LogP contribution in [0.2, 0.25) is 0 Å². The van der Waals surface area contributed by atoms with Crippen LogP contribution in [0.25, 0.3) is 10.9 Å². The summed E-state index contributed by atoms with van der Waals surface area (Å²) in [6, 6.07) is 4.92. The zero-order chi connectivity index (χ0) is 15.5. The maximum absolute atomic E-state index is 12.2. The predicted octanol–water partition coefficient (Wildman–Crippen LogP) is 1.47. The Morgan fingerprint density at radius 2 is 1.77 bits per heavy atom. The molecule has 0 fully saturated rings. The fourth-order valence-electron chi connectivity index (χ4n) is 1.99. The molecule has 22 heavy (non-hydrogen) atoms. The van der Waals surface area contributed by atoms with E-state index in [-0.39, 0.29) is 11.5 Å². The van der Waals surface area contributed by atoms with E-state index < -0.39 is 0 Å². The van der Waals surface area contributed by atoms with Gasteiger partial charge in [0.05, 0.1) is 25.1 Å². The zero-order valence-electron chi connectivity index (χ0n) is 12.0. The molecule has 3 rings (SSSR count). The minimum atomic E-state index is -0.301. The Bertz CT molecular complexity index is 863. The molecule has 2 N–H and O–H groups in total. The van der Waals surface area contributed by atoms with E-state index in [1.807, 2.05) is 0 Å². The van der Waals surface area contributed by atoms with Crippen molar-refractivity contribution in [1.82, 2.24) is 19.9 Å². The number of methoxy groups -OCH3 is 2. The SMILES string of the molecule is COc1cc2nc(Nc3ncccn3)[nH]c(=O)c2cc1OC. The van der Waals surface area contributed by atoms with Crippen molar-refractivity contribution in [2.24, 2.45) is 0 Å². The number of rotatable bonds is 4. The molecule has 0 saturated carbocycles. The maximum atomic E-state index is 12.2. The lowest BCUT2D eigenvalue weighted by Gasteiger charge is -2.09. The van der Waals surface area contributed by atoms with Gasteiger partial charge in [-0.1, -0.05) is 0 Å². The molecule has 8 nitrogen and oxygen atoms in total. The minimum absolute atomic E-state index is 0.246. The second kappa shape index (κ2) is 5.68. The summed E-state index contributed by atoms with van der Waals surface area (Å²) in [6.07, 6.45) is 3.17. The Morgan fingerprint density at radius 1 is 1.09 bits per heavy atom. The Hall–Kier alpha value is -3.16. The van der Waals surface area contributed by atoms with Gasteiger partial charge >= 0.3 is 0 Å². The summed E-state index contributed by atoms with van der Waals surface area (Å²) in [5.41, 5.74) is 0.171. The van der Waals surface area contributed by atoms with Crippen molar-refractivity contribution >= 4 is 22.8 Å². The molecule has 2 heterocycles. The number of aromatic nitrogens is 4. The van der Waals surface area contributed by atoms with E-state index >= 15 is 0 Å². The highest BCUT2D eigenvalue weighted by Gasteiger charge is 2.11. The van der Waals surface area contributed by atoms with E-state index in [9.17, 15) is 4.79 Å². The zero-order valence-corrected chi connectivity index (χ0v) is 12.0. The molecular formula is C14H13N5O3. The number of ether oxygens (including phenoxy) is 2. The number of benzene rings is 1. The van der Waals surface area contributed by atoms with Gasteiger partial charge in [0.2, 0.25) is 11.9 Å². The van der Waals surface area contributed by atoms with Gasteiger partial charge in [-0.05, 0) is 12.1 Å². The van der Waals surface area contributed by atoms with Crippen LogP contribution in [-0.2, 0) is 0 Å². The van der Waals surface area contributed by atoms with Gasteiger partial charge in [-0.25, -0.2) is 15.0 Å². The van der Waals surface area contributed by atoms with E-state index in [0.717, 1.165) is 0 Å². The van der Waals surface area contributed by atoms with E-state index in [4.69, 9.17) is 9.47 Å². The van der Waals surface area contributed by atoms with Crippen molar-refractivity contribution < 1.29 is 9.47 Å². The Labute approximate surface area is 125 Å². The Balaban J connectivity index is 2.09. The first-order valence-electron chi connectivity index (χ1n) is 6.41. The van der Waals surface area contributed by atoms with Crippen molar-refractivity contribution in [3.05, 3.63) is 40.9 Å². The van der Waals surface area contributed by atoms with Crippen LogP contribution in [0.4, 0.5) is 11.9 Å². The lowest BCUT2D eigenvalue weighted by atomic mass is 10.2. The molecule has 3 aromatic rings. The molecule has 0 unspecified atom stereocenters. The summed E-state index contributed by atoms with van der Waals surface area (Å²) < 4.78 is 10.4. The van der Waals surface area contributed by atoms with Gasteiger partial charge in [0.25, 0.3) is 5.56 Å². The number of nitrogens with zero attached hydrogens (tertiary/aromatic N) is 3. The quantitative estimate of drug-likeness (QED) is 0.752. The first-order valence-corrected chi connectivity index (χ1v) is 6.41. The third-order valence-electron chi connectivity index (χ3n) is 3.01. The first-order chi connectivity index (χ1) is 10.7. The van der Waals surface area contributed by atoms with Crippen LogP contribution in [-0.4, -0.2) is 34.2 Å². The second-order valence-corrected chi connectivity index (χ2v) is 4.34. The lowest BCUT2D eigenvalue weighted by molar-refractivity contribution is 0.355. The monoisotopic (exact) mass is 299 g/mol. The first kappa shape index (κ1) is 13.8. The summed E-state index contributed by atoms with van der Waals surface area (Å²) in [6.45, 7) is 0. The standard InChI is InChI=1S/C14H13N5O3/c1-21-10-6-8-9(7-11(10)22-2)17-14(18-12(8)20)19-13-15-4-3-5-16-13/h3-7H,1-2H3,(H2,15,16,17,18,19,20). The number of nitrogens with one attached hydrogen (secondary N) is 2. The topological polar surface area (TPSA) is 102 Å². The van der Waals surface area contributed by atoms with E-state index in [1.54, 1.807) is 30.6 Å². The normalized spacial score (nSPS) is 10.5. The number of anilines is 2. The van der Waals surface area contributed by atoms with Crippen LogP contribution < -0.4 is 20.3 Å². The lowest BCUT2D eigenvalue weighted by Crippen LogP contribution is -2.12. The molecule has 0 radical (unpaired) electrons. The van der Waals surface area contributed by atoms with Crippen molar-refractivity contribution in [3.8, 4) is 11.5 Å². The third-order valence-corrected chi connectivity index (χ3v) is 3.01. The predicted molar refractivity (Wildman–Crippen MR) is 80.8 cm³/mol. The van der Waals surface area contributed by atoms with Crippen molar-refractivity contribution in [2.75, 3.05) is 19.5 Å². The average Bonchev–Trinajstić information content (AvgIpc) is 2.54. The number of fused-ring (bicyclic) bond motifs is 1. The van der Waals surface area contributed by atoms with Crippen LogP contribution in [0.1, 0.15) is 0 Å². The average molecular weight is 299 g/mol. The highest BCUT2D eigenvalue weighted by Crippen LogP contribution is 2.30. The maximum Gasteiger partial charge on any atom is 0.260 e. The molecule has 0 bridgehead atoms. The van der Waals surface area contributed by atoms with Gasteiger partial charge in [0, 0.05) is 18.5 Å². The molecule has 0 atom stereocenters. The van der Waals surface area contributed by atoms with E-state index in [1.165, 1.54) is 14.2 Å². The molecule has 8 heteroatoms. The molecule has 0 aliphatic rings. The van der Waals surface area contributed by atoms with Crippen molar-refractivity contribution in [2.45, 2.75) is 0 Å². The molecule has 112 valence electrons. The van der Waals surface area contributed by atoms with Gasteiger partial charge in [-0.15, -0.1) is 0 Å². The van der Waals surface area contributed by atoms with Gasteiger partial charge in [-0.3, -0.25) is 15.1 Å². The summed E-state index contributed by atoms with van der Waals surface area (Å²) in [5.74, 6) is 1.55. The van der Waals surface area contributed by atoms with Crippen LogP contribution in [0, 0.1) is 0 Å². The number of hydrogen-bond acceptors (Lipinski definition) is 7. The van der Waals surface area contributed by atoms with Crippen LogP contribution >= 0.6 is 0 Å². The number of H-pyrrole nitrogens is 1. The number of hydrogen-bond donors (Lipinski definition) is 2. The van der Waals surface area contributed by atoms with E-state index in [2.05, 4.69) is 25.3 Å². The third kappa shape index (κ3) is 2.53. The van der Waals surface area contributed by atoms with E-state index in [0.29, 0.717) is 28.4 Å². The molecule has 2 aromatic heterocycles. The fourth-order valence-corrected chi connectivity index (χ4v) is 1.99. The smallest absolute Gasteiger partial charge is 0.260 e. The fraction of sp³-hybridized carbons (Fsp3) is 0.143. The van der Waals surface area contributed by atoms with Crippen LogP contribution in [0.3, 0.4) is 0 Å². The Morgan fingerprint density at radius 3 is 2.45 bits per heavy atom. The van der Waals surface area contributed by atoms with Gasteiger partial charge in [0.15, 0.2) is 11.5 Å². The van der Waals surface area contributed by atoms with Gasteiger partial charge < -0.3 is 9.47 Å². The molecule has 0 aliphatic carbocycles. The highest BCUT2D eigenvalue weighted by atomic mass is 16.5. The minimum Gasteiger partial charge on any atom is -0.493 e. The van der Waals surface area contributed by atoms with Gasteiger partial charge in [-0.2, -0.15) is 0 Å². The van der Waals surface area contributed by atoms with Crippen LogP contribution in [0.15, 0.2) is 35.4 Å². The molecule has 0 saturated heterocycles. The molecule has 1 aromatic carbocycles. The molecular weight excluding hydrogens is 286 g/mol. The van der Waals surface area contributed by atoms with Crippen molar-refractivity contribution in [1.29, 1.82) is 0 Å². The largest absolute Gasteiger partial charge is 0.493 e. The van der Waals surface area contributed by atoms with Gasteiger partial charge in [0.1, 0.15) is 0 Å². The summed E-state index contributed by atoms with van der Waals surface area (Å²) in [7, 11) is 3.03. The molecule has 0 amide bonds. The Kier molecular flexibility index (Phi) is 3.57. The summed E-state index contributed by atoms with van der Waals surface area (Å²) >= 11 is 0. The summed E-state index contributed by atoms with van der Waals surface area (Å²) in [5, 5.41) is 3.24. The summed E-state index contributed by atoms with van der Waals surface area (Å²) in [4.78, 5) is 27.2. The second-order valence-electron chi connectivity index (χ2n) is 4.34. The van der Waals surface area contributed by atoms with Crippen molar-refractivity contribution in [3.63, 3.8) is 0 Å². The van der Waals surface area contributed by atoms with Crippen LogP contribution in [0.5, 0.6) is 11.5 Å². The molecule has 0 spiro atoms. The highest BCUT2D eigenvalue weighted by molar-refractivity contribution is 5.82.